The summed E-state index contributed by atoms with van der Waals surface area (Å²) >= 11 is 0. The summed E-state index contributed by atoms with van der Waals surface area (Å²) in [6.45, 7) is 3.51. The molecular weight excluding hydrogens is 335 g/mol. The van der Waals surface area contributed by atoms with Crippen LogP contribution in [0.3, 0.4) is 0 Å². The van der Waals surface area contributed by atoms with Crippen molar-refractivity contribution in [1.29, 1.82) is 0 Å². The molecule has 0 bridgehead atoms. The van der Waals surface area contributed by atoms with Crippen molar-refractivity contribution in [2.75, 3.05) is 38.6 Å². The molecular formula is C19H25FN4O2. The number of hydrogen-bond donors (Lipinski definition) is 2. The third-order valence-electron chi connectivity index (χ3n) is 5.31. The van der Waals surface area contributed by atoms with Crippen LogP contribution in [0.5, 0.6) is 5.75 Å². The predicted molar refractivity (Wildman–Crippen MR) is 99.3 cm³/mol. The molecule has 6 nitrogen and oxygen atoms in total. The molecule has 1 aromatic heterocycles. The number of halogens is 1. The first-order chi connectivity index (χ1) is 12.6. The van der Waals surface area contributed by atoms with Gasteiger partial charge in [0.25, 0.3) is 5.56 Å². The number of nitrogens with one attached hydrogen (secondary N) is 2. The first kappa shape index (κ1) is 17.3. The number of aromatic nitrogens is 2. The van der Waals surface area contributed by atoms with E-state index in [0.29, 0.717) is 35.7 Å². The Hall–Kier alpha value is -2.15. The lowest BCUT2D eigenvalue weighted by molar-refractivity contribution is 0.226. The van der Waals surface area contributed by atoms with Crippen LogP contribution in [-0.4, -0.2) is 48.2 Å². The van der Waals surface area contributed by atoms with E-state index < -0.39 is 11.4 Å². The van der Waals surface area contributed by atoms with Crippen molar-refractivity contribution in [1.82, 2.24) is 14.9 Å². The fourth-order valence-corrected chi connectivity index (χ4v) is 3.37. The smallest absolute Gasteiger partial charge is 0.263 e. The lowest BCUT2D eigenvalue weighted by Gasteiger charge is -2.28. The Bertz CT molecular complexity index is 841. The molecule has 26 heavy (non-hydrogen) atoms. The van der Waals surface area contributed by atoms with Gasteiger partial charge in [0, 0.05) is 18.7 Å². The van der Waals surface area contributed by atoms with Gasteiger partial charge in [-0.25, -0.2) is 9.37 Å². The zero-order chi connectivity index (χ0) is 18.1. The molecule has 1 saturated heterocycles. The number of rotatable bonds is 6. The molecule has 1 saturated carbocycles. The van der Waals surface area contributed by atoms with Gasteiger partial charge >= 0.3 is 0 Å². The van der Waals surface area contributed by atoms with E-state index in [4.69, 9.17) is 4.74 Å². The molecule has 2 fully saturated rings. The first-order valence-electron chi connectivity index (χ1n) is 9.37. The van der Waals surface area contributed by atoms with Crippen molar-refractivity contribution in [3.05, 3.63) is 28.3 Å². The van der Waals surface area contributed by atoms with Crippen LogP contribution in [0.1, 0.15) is 25.7 Å². The summed E-state index contributed by atoms with van der Waals surface area (Å²) < 4.78 is 20.0. The predicted octanol–water partition coefficient (Wildman–Crippen LogP) is 2.60. The molecule has 0 atom stereocenters. The van der Waals surface area contributed by atoms with Crippen LogP contribution < -0.4 is 15.6 Å². The molecule has 2 aromatic rings. The lowest BCUT2D eigenvalue weighted by Crippen LogP contribution is -2.33. The van der Waals surface area contributed by atoms with E-state index in [9.17, 15) is 9.18 Å². The number of hydrogen-bond acceptors (Lipinski definition) is 5. The largest absolute Gasteiger partial charge is 0.493 e. The van der Waals surface area contributed by atoms with E-state index in [1.54, 1.807) is 6.07 Å². The highest BCUT2D eigenvalue weighted by molar-refractivity contribution is 5.80. The van der Waals surface area contributed by atoms with Crippen LogP contribution in [0.25, 0.3) is 10.9 Å². The minimum absolute atomic E-state index is 0.0198. The van der Waals surface area contributed by atoms with Gasteiger partial charge in [0.15, 0.2) is 0 Å². The van der Waals surface area contributed by atoms with Gasteiger partial charge in [-0.2, -0.15) is 0 Å². The molecule has 1 aliphatic heterocycles. The highest BCUT2D eigenvalue weighted by atomic mass is 19.1. The highest BCUT2D eigenvalue weighted by Crippen LogP contribution is 2.30. The number of likely N-dealkylation sites (tertiary alicyclic amines) is 1. The van der Waals surface area contributed by atoms with E-state index in [1.165, 1.54) is 18.9 Å². The van der Waals surface area contributed by atoms with Crippen molar-refractivity contribution in [3.8, 4) is 5.75 Å². The average Bonchev–Trinajstić information content (AvgIpc) is 3.43. The number of nitrogens with zero attached hydrogens (tertiary/aromatic N) is 2. The van der Waals surface area contributed by atoms with Crippen LogP contribution in [-0.2, 0) is 0 Å². The van der Waals surface area contributed by atoms with Crippen molar-refractivity contribution in [2.45, 2.75) is 25.7 Å². The maximum absolute atomic E-state index is 14.3. The fraction of sp³-hybridized carbons (Fsp3) is 0.579. The van der Waals surface area contributed by atoms with Gasteiger partial charge in [0.1, 0.15) is 17.0 Å². The fourth-order valence-electron chi connectivity index (χ4n) is 3.37. The Kier molecular flexibility index (Phi) is 4.80. The standard InChI is InChI=1S/C19H25FN4O2/c1-24-6-4-12(5-7-24)10-21-19-22-16-9-14(26-11-13-2-3-13)8-15(20)17(16)18(25)23-19/h8-9,12-13H,2-7,10-11H2,1H3,(H2,21,22,23,25). The second-order valence-corrected chi connectivity index (χ2v) is 7.60. The molecule has 2 N–H and O–H groups in total. The Balaban J connectivity index is 1.50. The summed E-state index contributed by atoms with van der Waals surface area (Å²) in [6.07, 6.45) is 4.57. The number of fused-ring (bicyclic) bond motifs is 1. The molecule has 140 valence electrons. The molecule has 4 rings (SSSR count). The van der Waals surface area contributed by atoms with E-state index >= 15 is 0 Å². The topological polar surface area (TPSA) is 70.2 Å². The maximum atomic E-state index is 14.3. The van der Waals surface area contributed by atoms with Crippen LogP contribution in [0.2, 0.25) is 0 Å². The normalized spacial score (nSPS) is 19.0. The number of H-pyrrole nitrogens is 1. The zero-order valence-corrected chi connectivity index (χ0v) is 15.1. The highest BCUT2D eigenvalue weighted by Gasteiger charge is 2.22. The van der Waals surface area contributed by atoms with Gasteiger partial charge in [-0.3, -0.25) is 9.78 Å². The van der Waals surface area contributed by atoms with Crippen LogP contribution in [0.15, 0.2) is 16.9 Å². The third kappa shape index (κ3) is 3.98. The molecule has 0 spiro atoms. The minimum atomic E-state index is -0.594. The first-order valence-corrected chi connectivity index (χ1v) is 9.37. The Morgan fingerprint density at radius 1 is 1.27 bits per heavy atom. The Morgan fingerprint density at radius 3 is 2.77 bits per heavy atom. The minimum Gasteiger partial charge on any atom is -0.493 e. The summed E-state index contributed by atoms with van der Waals surface area (Å²) in [5, 5.41) is 3.19. The van der Waals surface area contributed by atoms with Gasteiger partial charge in [-0.05, 0) is 57.7 Å². The van der Waals surface area contributed by atoms with E-state index in [0.717, 1.165) is 32.5 Å². The van der Waals surface area contributed by atoms with E-state index in [2.05, 4.69) is 27.2 Å². The number of ether oxygens (including phenoxy) is 1. The molecule has 1 aliphatic carbocycles. The summed E-state index contributed by atoms with van der Waals surface area (Å²) in [6, 6.07) is 2.92. The van der Waals surface area contributed by atoms with Crippen molar-refractivity contribution < 1.29 is 9.13 Å². The van der Waals surface area contributed by atoms with Crippen LogP contribution in [0.4, 0.5) is 10.3 Å². The molecule has 1 aromatic carbocycles. The average molecular weight is 360 g/mol. The maximum Gasteiger partial charge on any atom is 0.263 e. The molecule has 0 unspecified atom stereocenters. The summed E-state index contributed by atoms with van der Waals surface area (Å²) in [5.74, 6) is 1.36. The van der Waals surface area contributed by atoms with Gasteiger partial charge < -0.3 is 15.0 Å². The second kappa shape index (κ2) is 7.23. The number of aromatic amines is 1. The molecule has 0 amide bonds. The van der Waals surface area contributed by atoms with Gasteiger partial charge in [0.05, 0.1) is 12.1 Å². The van der Waals surface area contributed by atoms with Crippen molar-refractivity contribution >= 4 is 16.9 Å². The summed E-state index contributed by atoms with van der Waals surface area (Å²) in [4.78, 5) is 21.6. The van der Waals surface area contributed by atoms with Gasteiger partial charge in [0.2, 0.25) is 5.95 Å². The van der Waals surface area contributed by atoms with Gasteiger partial charge in [-0.1, -0.05) is 0 Å². The Morgan fingerprint density at radius 2 is 2.04 bits per heavy atom. The zero-order valence-electron chi connectivity index (χ0n) is 15.1. The van der Waals surface area contributed by atoms with E-state index in [1.807, 2.05) is 0 Å². The molecule has 2 heterocycles. The molecule has 7 heteroatoms. The van der Waals surface area contributed by atoms with Crippen LogP contribution in [0, 0.1) is 17.7 Å². The van der Waals surface area contributed by atoms with Crippen molar-refractivity contribution in [3.63, 3.8) is 0 Å². The quantitative estimate of drug-likeness (QED) is 0.829. The number of benzene rings is 1. The Labute approximate surface area is 151 Å². The summed E-state index contributed by atoms with van der Waals surface area (Å²) in [5.41, 5.74) is -0.141. The van der Waals surface area contributed by atoms with Crippen LogP contribution >= 0.6 is 0 Å². The van der Waals surface area contributed by atoms with E-state index in [-0.39, 0.29) is 5.39 Å². The third-order valence-corrected chi connectivity index (χ3v) is 5.31. The SMILES string of the molecule is CN1CCC(CNc2nc3cc(OCC4CC4)cc(F)c3c(=O)[nH]2)CC1. The number of piperidine rings is 1. The summed E-state index contributed by atoms with van der Waals surface area (Å²) in [7, 11) is 2.13. The van der Waals surface area contributed by atoms with Gasteiger partial charge in [-0.15, -0.1) is 0 Å². The van der Waals surface area contributed by atoms with Crippen molar-refractivity contribution in [2.24, 2.45) is 11.8 Å². The number of anilines is 1. The molecule has 2 aliphatic rings. The molecule has 0 radical (unpaired) electrons. The monoisotopic (exact) mass is 360 g/mol. The lowest BCUT2D eigenvalue weighted by atomic mass is 9.97. The second-order valence-electron chi connectivity index (χ2n) is 7.60.